The van der Waals surface area contributed by atoms with E-state index in [4.69, 9.17) is 4.74 Å². The van der Waals surface area contributed by atoms with Crippen LogP contribution in [0.15, 0.2) is 16.3 Å². The topological polar surface area (TPSA) is 68.3 Å². The van der Waals surface area contributed by atoms with Crippen molar-refractivity contribution in [3.8, 4) is 5.75 Å². The third-order valence-electron chi connectivity index (χ3n) is 3.07. The number of ether oxygens (including phenoxy) is 1. The number of aromatic nitrogens is 1. The molecule has 114 valence electrons. The molecular weight excluding hydrogens is 308 g/mol. The average Bonchev–Trinajstić information content (AvgIpc) is 2.73. The molecule has 0 amide bonds. The van der Waals surface area contributed by atoms with Gasteiger partial charge in [-0.1, -0.05) is 0 Å². The molecule has 1 aromatic carbocycles. The summed E-state index contributed by atoms with van der Waals surface area (Å²) in [6.07, 6.45) is 0. The van der Waals surface area contributed by atoms with E-state index in [9.17, 15) is 8.42 Å². The standard InChI is InChI=1S/C14H18N2O3S2/c1-8-6-12(9(2)13(7-8)19-5)16-21(17,18)14-10(3)15-11(4)20-14/h6-7,16H,1-5H3. The van der Waals surface area contributed by atoms with Crippen molar-refractivity contribution in [2.24, 2.45) is 0 Å². The number of nitrogens with zero attached hydrogens (tertiary/aromatic N) is 1. The van der Waals surface area contributed by atoms with Gasteiger partial charge in [-0.2, -0.15) is 0 Å². The molecule has 0 atom stereocenters. The van der Waals surface area contributed by atoms with Gasteiger partial charge in [0.2, 0.25) is 0 Å². The Hall–Kier alpha value is -1.60. The van der Waals surface area contributed by atoms with Crippen LogP contribution >= 0.6 is 11.3 Å². The normalized spacial score (nSPS) is 11.5. The summed E-state index contributed by atoms with van der Waals surface area (Å²) in [7, 11) is -2.07. The molecule has 21 heavy (non-hydrogen) atoms. The van der Waals surface area contributed by atoms with Gasteiger partial charge < -0.3 is 4.74 Å². The smallest absolute Gasteiger partial charge is 0.273 e. The first-order valence-corrected chi connectivity index (χ1v) is 8.66. The molecule has 7 heteroatoms. The van der Waals surface area contributed by atoms with E-state index < -0.39 is 10.0 Å². The van der Waals surface area contributed by atoms with Gasteiger partial charge in [0.05, 0.1) is 23.5 Å². The first-order chi connectivity index (χ1) is 9.74. The SMILES string of the molecule is COc1cc(C)cc(NS(=O)(=O)c2sc(C)nc2C)c1C. The number of nitrogens with one attached hydrogen (secondary N) is 1. The molecular formula is C14H18N2O3S2. The monoisotopic (exact) mass is 326 g/mol. The van der Waals surface area contributed by atoms with Crippen LogP contribution in [0.4, 0.5) is 5.69 Å². The maximum atomic E-state index is 12.5. The molecule has 0 unspecified atom stereocenters. The van der Waals surface area contributed by atoms with Crippen LogP contribution in [-0.2, 0) is 10.0 Å². The van der Waals surface area contributed by atoms with E-state index in [0.717, 1.165) is 16.1 Å². The minimum Gasteiger partial charge on any atom is -0.496 e. The number of sulfonamides is 1. The van der Waals surface area contributed by atoms with Crippen molar-refractivity contribution in [3.05, 3.63) is 34.0 Å². The Morgan fingerprint density at radius 3 is 2.38 bits per heavy atom. The summed E-state index contributed by atoms with van der Waals surface area (Å²) in [5, 5.41) is 0.728. The molecule has 5 nitrogen and oxygen atoms in total. The number of thiazole rings is 1. The predicted octanol–water partition coefficient (Wildman–Crippen LogP) is 3.19. The zero-order valence-electron chi connectivity index (χ0n) is 12.6. The number of anilines is 1. The molecule has 0 saturated heterocycles. The summed E-state index contributed by atoms with van der Waals surface area (Å²) >= 11 is 1.17. The number of aryl methyl sites for hydroxylation is 3. The van der Waals surface area contributed by atoms with Gasteiger partial charge in [0, 0.05) is 5.56 Å². The summed E-state index contributed by atoms with van der Waals surface area (Å²) in [6.45, 7) is 7.20. The van der Waals surface area contributed by atoms with Gasteiger partial charge in [-0.3, -0.25) is 4.72 Å². The van der Waals surface area contributed by atoms with E-state index in [1.54, 1.807) is 27.0 Å². The van der Waals surface area contributed by atoms with E-state index in [0.29, 0.717) is 17.1 Å². The van der Waals surface area contributed by atoms with Crippen LogP contribution in [0.1, 0.15) is 21.8 Å². The number of hydrogen-bond donors (Lipinski definition) is 1. The van der Waals surface area contributed by atoms with Gasteiger partial charge in [0.1, 0.15) is 5.75 Å². The van der Waals surface area contributed by atoms with Gasteiger partial charge in [-0.15, -0.1) is 11.3 Å². The van der Waals surface area contributed by atoms with Gasteiger partial charge in [0.25, 0.3) is 10.0 Å². The van der Waals surface area contributed by atoms with Gasteiger partial charge >= 0.3 is 0 Å². The molecule has 1 aromatic heterocycles. The van der Waals surface area contributed by atoms with Crippen LogP contribution in [-0.4, -0.2) is 20.5 Å². The van der Waals surface area contributed by atoms with Crippen molar-refractivity contribution >= 4 is 27.0 Å². The summed E-state index contributed by atoms with van der Waals surface area (Å²) < 4.78 is 33.2. The Morgan fingerprint density at radius 1 is 1.19 bits per heavy atom. The van der Waals surface area contributed by atoms with Crippen molar-refractivity contribution in [2.75, 3.05) is 11.8 Å². The largest absolute Gasteiger partial charge is 0.496 e. The molecule has 2 aromatic rings. The highest BCUT2D eigenvalue weighted by atomic mass is 32.2. The lowest BCUT2D eigenvalue weighted by Gasteiger charge is -2.14. The highest BCUT2D eigenvalue weighted by Crippen LogP contribution is 2.31. The molecule has 0 fully saturated rings. The fourth-order valence-electron chi connectivity index (χ4n) is 2.10. The Morgan fingerprint density at radius 2 is 1.86 bits per heavy atom. The minimum atomic E-state index is -3.64. The van der Waals surface area contributed by atoms with Crippen molar-refractivity contribution in [1.82, 2.24) is 4.98 Å². The first kappa shape index (κ1) is 15.8. The molecule has 0 bridgehead atoms. The maximum Gasteiger partial charge on any atom is 0.273 e. The van der Waals surface area contributed by atoms with Crippen LogP contribution in [0.2, 0.25) is 0 Å². The third-order valence-corrected chi connectivity index (χ3v) is 6.12. The van der Waals surface area contributed by atoms with Crippen LogP contribution in [0.25, 0.3) is 0 Å². The Labute approximate surface area is 129 Å². The summed E-state index contributed by atoms with van der Waals surface area (Å²) in [6, 6.07) is 3.66. The highest BCUT2D eigenvalue weighted by molar-refractivity contribution is 7.94. The molecule has 0 aliphatic heterocycles. The highest BCUT2D eigenvalue weighted by Gasteiger charge is 2.22. The molecule has 2 rings (SSSR count). The van der Waals surface area contributed by atoms with Crippen LogP contribution in [0.5, 0.6) is 5.75 Å². The predicted molar refractivity (Wildman–Crippen MR) is 84.9 cm³/mol. The van der Waals surface area contributed by atoms with E-state index in [1.807, 2.05) is 19.9 Å². The lowest BCUT2D eigenvalue weighted by Crippen LogP contribution is -2.14. The zero-order chi connectivity index (χ0) is 15.8. The van der Waals surface area contributed by atoms with E-state index in [1.165, 1.54) is 11.3 Å². The van der Waals surface area contributed by atoms with E-state index in [2.05, 4.69) is 9.71 Å². The van der Waals surface area contributed by atoms with E-state index >= 15 is 0 Å². The second-order valence-corrected chi connectivity index (χ2v) is 7.93. The van der Waals surface area contributed by atoms with Crippen molar-refractivity contribution < 1.29 is 13.2 Å². The average molecular weight is 326 g/mol. The molecule has 1 N–H and O–H groups in total. The Bertz CT molecular complexity index is 780. The summed E-state index contributed by atoms with van der Waals surface area (Å²) in [4.78, 5) is 4.17. The third kappa shape index (κ3) is 3.19. The van der Waals surface area contributed by atoms with Crippen LogP contribution in [0, 0.1) is 27.7 Å². The number of methoxy groups -OCH3 is 1. The van der Waals surface area contributed by atoms with Crippen LogP contribution in [0.3, 0.4) is 0 Å². The Kier molecular flexibility index (Phi) is 4.25. The van der Waals surface area contributed by atoms with Gasteiger partial charge in [0.15, 0.2) is 4.21 Å². The van der Waals surface area contributed by atoms with E-state index in [-0.39, 0.29) is 4.21 Å². The quantitative estimate of drug-likeness (QED) is 0.937. The number of hydrogen-bond acceptors (Lipinski definition) is 5. The molecule has 1 heterocycles. The van der Waals surface area contributed by atoms with Gasteiger partial charge in [-0.05, 0) is 45.4 Å². The molecule has 0 radical (unpaired) electrons. The summed E-state index contributed by atoms with van der Waals surface area (Å²) in [5.74, 6) is 0.657. The van der Waals surface area contributed by atoms with Crippen molar-refractivity contribution in [2.45, 2.75) is 31.9 Å². The number of benzene rings is 1. The lowest BCUT2D eigenvalue weighted by molar-refractivity contribution is 0.411. The maximum absolute atomic E-state index is 12.5. The summed E-state index contributed by atoms with van der Waals surface area (Å²) in [5.41, 5.74) is 2.72. The zero-order valence-corrected chi connectivity index (χ0v) is 14.3. The fourth-order valence-corrected chi connectivity index (χ4v) is 4.70. The second kappa shape index (κ2) is 5.65. The molecule has 0 spiro atoms. The lowest BCUT2D eigenvalue weighted by atomic mass is 10.1. The first-order valence-electron chi connectivity index (χ1n) is 6.36. The molecule has 0 aliphatic carbocycles. The second-order valence-electron chi connectivity index (χ2n) is 4.85. The van der Waals surface area contributed by atoms with Crippen molar-refractivity contribution in [3.63, 3.8) is 0 Å². The van der Waals surface area contributed by atoms with Crippen molar-refractivity contribution in [1.29, 1.82) is 0 Å². The van der Waals surface area contributed by atoms with Gasteiger partial charge in [-0.25, -0.2) is 13.4 Å². The molecule has 0 saturated carbocycles. The van der Waals surface area contributed by atoms with Crippen LogP contribution < -0.4 is 9.46 Å². The molecule has 0 aliphatic rings. The Balaban J connectivity index is 2.46. The fraction of sp³-hybridized carbons (Fsp3) is 0.357. The number of rotatable bonds is 4. The minimum absolute atomic E-state index is 0.250.